The normalized spacial score (nSPS) is 10.3. The summed E-state index contributed by atoms with van der Waals surface area (Å²) in [5, 5.41) is 0. The monoisotopic (exact) mass is 322 g/mol. The molecule has 0 atom stereocenters. The Balaban J connectivity index is 2.06. The van der Waals surface area contributed by atoms with Crippen LogP contribution in [0.1, 0.15) is 19.2 Å². The van der Waals surface area contributed by atoms with Crippen LogP contribution in [0.2, 0.25) is 0 Å². The predicted molar refractivity (Wildman–Crippen MR) is 76.8 cm³/mol. The number of hydrogen-bond donors (Lipinski definition) is 0. The van der Waals surface area contributed by atoms with Gasteiger partial charge in [0.2, 0.25) is 5.88 Å². The fourth-order valence-corrected chi connectivity index (χ4v) is 1.95. The van der Waals surface area contributed by atoms with E-state index in [-0.39, 0.29) is 0 Å². The third-order valence-electron chi connectivity index (χ3n) is 2.30. The largest absolute Gasteiger partial charge is 0.494 e. The Morgan fingerprint density at radius 2 is 1.79 bits per heavy atom. The molecule has 0 aliphatic heterocycles. The van der Waals surface area contributed by atoms with Crippen LogP contribution in [-0.2, 0) is 0 Å². The van der Waals surface area contributed by atoms with Gasteiger partial charge in [-0.1, -0.05) is 6.92 Å². The van der Waals surface area contributed by atoms with Gasteiger partial charge in [-0.2, -0.15) is 4.98 Å². The van der Waals surface area contributed by atoms with E-state index < -0.39 is 0 Å². The molecule has 0 bridgehead atoms. The maximum Gasteiger partial charge on any atom is 0.223 e. The summed E-state index contributed by atoms with van der Waals surface area (Å²) in [7, 11) is 0. The number of nitrogens with zero attached hydrogens (tertiary/aromatic N) is 2. The van der Waals surface area contributed by atoms with Gasteiger partial charge in [-0.25, -0.2) is 4.98 Å². The lowest BCUT2D eigenvalue weighted by molar-refractivity contribution is 0.317. The molecule has 19 heavy (non-hydrogen) atoms. The van der Waals surface area contributed by atoms with Crippen molar-refractivity contribution in [2.24, 2.45) is 0 Å². The van der Waals surface area contributed by atoms with Crippen molar-refractivity contribution in [3.63, 3.8) is 0 Å². The van der Waals surface area contributed by atoms with Crippen molar-refractivity contribution in [1.29, 1.82) is 0 Å². The minimum Gasteiger partial charge on any atom is -0.494 e. The van der Waals surface area contributed by atoms with Gasteiger partial charge in [-0.05, 0) is 53.5 Å². The summed E-state index contributed by atoms with van der Waals surface area (Å²) in [6.45, 7) is 4.62. The van der Waals surface area contributed by atoms with Crippen LogP contribution >= 0.6 is 15.9 Å². The lowest BCUT2D eigenvalue weighted by Crippen LogP contribution is -1.95. The molecule has 0 unspecified atom stereocenters. The summed E-state index contributed by atoms with van der Waals surface area (Å²) in [4.78, 5) is 8.34. The van der Waals surface area contributed by atoms with E-state index in [1.807, 2.05) is 31.2 Å². The highest BCUT2D eigenvalue weighted by Crippen LogP contribution is 2.24. The smallest absolute Gasteiger partial charge is 0.223 e. The molecule has 5 heteroatoms. The first kappa shape index (κ1) is 13.8. The zero-order valence-corrected chi connectivity index (χ0v) is 12.5. The zero-order valence-electron chi connectivity index (χ0n) is 10.9. The van der Waals surface area contributed by atoms with Gasteiger partial charge in [-0.3, -0.25) is 0 Å². The number of ether oxygens (including phenoxy) is 2. The van der Waals surface area contributed by atoms with E-state index >= 15 is 0 Å². The minimum atomic E-state index is 0.515. The van der Waals surface area contributed by atoms with Crippen molar-refractivity contribution in [3.8, 4) is 17.4 Å². The topological polar surface area (TPSA) is 44.2 Å². The molecule has 0 N–H and O–H groups in total. The van der Waals surface area contributed by atoms with Crippen LogP contribution in [0.4, 0.5) is 0 Å². The van der Waals surface area contributed by atoms with E-state index in [9.17, 15) is 0 Å². The quantitative estimate of drug-likeness (QED) is 0.776. The SMILES string of the molecule is CCCOc1ccc(Oc2cc(Br)nc(C)n2)cc1. The molecule has 4 nitrogen and oxygen atoms in total. The summed E-state index contributed by atoms with van der Waals surface area (Å²) in [6.07, 6.45) is 0.993. The average Bonchev–Trinajstić information content (AvgIpc) is 2.37. The third-order valence-corrected chi connectivity index (χ3v) is 2.71. The minimum absolute atomic E-state index is 0.515. The Morgan fingerprint density at radius 3 is 2.42 bits per heavy atom. The van der Waals surface area contributed by atoms with Crippen molar-refractivity contribution in [1.82, 2.24) is 9.97 Å². The van der Waals surface area contributed by atoms with Gasteiger partial charge in [0.25, 0.3) is 0 Å². The van der Waals surface area contributed by atoms with E-state index in [4.69, 9.17) is 9.47 Å². The highest BCUT2D eigenvalue weighted by molar-refractivity contribution is 9.10. The van der Waals surface area contributed by atoms with Crippen LogP contribution in [0.3, 0.4) is 0 Å². The maximum atomic E-state index is 5.66. The number of aryl methyl sites for hydroxylation is 1. The molecule has 1 heterocycles. The molecule has 0 aliphatic rings. The summed E-state index contributed by atoms with van der Waals surface area (Å²) in [5.41, 5.74) is 0. The van der Waals surface area contributed by atoms with Crippen LogP contribution < -0.4 is 9.47 Å². The summed E-state index contributed by atoms with van der Waals surface area (Å²) in [6, 6.07) is 9.21. The van der Waals surface area contributed by atoms with Crippen molar-refractivity contribution in [3.05, 3.63) is 40.8 Å². The van der Waals surface area contributed by atoms with E-state index in [2.05, 4.69) is 32.8 Å². The lowest BCUT2D eigenvalue weighted by Gasteiger charge is -2.07. The second-order valence-corrected chi connectivity index (χ2v) is 4.81. The van der Waals surface area contributed by atoms with Gasteiger partial charge >= 0.3 is 0 Å². The fraction of sp³-hybridized carbons (Fsp3) is 0.286. The van der Waals surface area contributed by atoms with E-state index in [0.717, 1.165) is 18.8 Å². The number of halogens is 1. The maximum absolute atomic E-state index is 5.66. The molecule has 0 radical (unpaired) electrons. The van der Waals surface area contributed by atoms with E-state index in [0.29, 0.717) is 22.1 Å². The third kappa shape index (κ3) is 4.21. The lowest BCUT2D eigenvalue weighted by atomic mass is 10.3. The molecule has 0 saturated carbocycles. The molecule has 2 rings (SSSR count). The molecule has 0 fully saturated rings. The van der Waals surface area contributed by atoms with Crippen molar-refractivity contribution in [2.45, 2.75) is 20.3 Å². The molecule has 0 amide bonds. The second kappa shape index (κ2) is 6.52. The van der Waals surface area contributed by atoms with E-state index in [1.165, 1.54) is 0 Å². The van der Waals surface area contributed by atoms with Crippen LogP contribution in [0.25, 0.3) is 0 Å². The molecule has 100 valence electrons. The first-order valence-corrected chi connectivity index (χ1v) is 6.88. The Bertz CT molecular complexity index is 523. The number of hydrogen-bond acceptors (Lipinski definition) is 4. The van der Waals surface area contributed by atoms with Crippen molar-refractivity contribution >= 4 is 15.9 Å². The molecular formula is C14H15BrN2O2. The number of rotatable bonds is 5. The van der Waals surface area contributed by atoms with Gasteiger partial charge in [0, 0.05) is 6.07 Å². The Labute approximate surface area is 120 Å². The van der Waals surface area contributed by atoms with Gasteiger partial charge in [0.15, 0.2) is 0 Å². The average molecular weight is 323 g/mol. The predicted octanol–water partition coefficient (Wildman–Crippen LogP) is 4.13. The molecule has 2 aromatic rings. The van der Waals surface area contributed by atoms with Crippen LogP contribution in [-0.4, -0.2) is 16.6 Å². The first-order chi connectivity index (χ1) is 9.17. The van der Waals surface area contributed by atoms with Crippen LogP contribution in [0.5, 0.6) is 17.4 Å². The van der Waals surface area contributed by atoms with Gasteiger partial charge in [0.1, 0.15) is 21.9 Å². The van der Waals surface area contributed by atoms with Crippen molar-refractivity contribution in [2.75, 3.05) is 6.61 Å². The van der Waals surface area contributed by atoms with Gasteiger partial charge in [0.05, 0.1) is 6.61 Å². The molecule has 1 aromatic carbocycles. The second-order valence-electron chi connectivity index (χ2n) is 4.00. The summed E-state index contributed by atoms with van der Waals surface area (Å²) >= 11 is 3.32. The highest BCUT2D eigenvalue weighted by Gasteiger charge is 2.03. The van der Waals surface area contributed by atoms with Gasteiger partial charge in [-0.15, -0.1) is 0 Å². The molecular weight excluding hydrogens is 308 g/mol. The number of benzene rings is 1. The number of aromatic nitrogens is 2. The molecule has 0 spiro atoms. The van der Waals surface area contributed by atoms with Crippen molar-refractivity contribution < 1.29 is 9.47 Å². The van der Waals surface area contributed by atoms with Crippen LogP contribution in [0, 0.1) is 6.92 Å². The first-order valence-electron chi connectivity index (χ1n) is 6.09. The highest BCUT2D eigenvalue weighted by atomic mass is 79.9. The standard InChI is InChI=1S/C14H15BrN2O2/c1-3-8-18-11-4-6-12(7-5-11)19-14-9-13(15)16-10(2)17-14/h4-7,9H,3,8H2,1-2H3. The fourth-order valence-electron chi connectivity index (χ4n) is 1.50. The molecule has 0 saturated heterocycles. The summed E-state index contributed by atoms with van der Waals surface area (Å²) in [5.74, 6) is 2.73. The Kier molecular flexibility index (Phi) is 4.74. The van der Waals surface area contributed by atoms with E-state index in [1.54, 1.807) is 6.07 Å². The Morgan fingerprint density at radius 1 is 1.11 bits per heavy atom. The molecule has 1 aromatic heterocycles. The molecule has 0 aliphatic carbocycles. The summed E-state index contributed by atoms with van der Waals surface area (Å²) < 4.78 is 11.9. The Hall–Kier alpha value is -1.62. The van der Waals surface area contributed by atoms with Gasteiger partial charge < -0.3 is 9.47 Å². The van der Waals surface area contributed by atoms with Crippen LogP contribution in [0.15, 0.2) is 34.9 Å². The zero-order chi connectivity index (χ0) is 13.7.